The van der Waals surface area contributed by atoms with Gasteiger partial charge in [-0.3, -0.25) is 9.59 Å². The van der Waals surface area contributed by atoms with E-state index in [1.165, 1.54) is 28.6 Å². The largest absolute Gasteiger partial charge is 0.489 e. The molecule has 2 aromatic carbocycles. The zero-order chi connectivity index (χ0) is 25.6. The molecule has 1 aromatic heterocycles. The fourth-order valence-electron chi connectivity index (χ4n) is 3.49. The van der Waals surface area contributed by atoms with Crippen molar-refractivity contribution in [3.8, 4) is 17.0 Å². The summed E-state index contributed by atoms with van der Waals surface area (Å²) in [5, 5.41) is 7.00. The number of aromatic nitrogens is 2. The Bertz CT molecular complexity index is 1330. The van der Waals surface area contributed by atoms with Crippen LogP contribution in [0.1, 0.15) is 27.7 Å². The molecule has 10 heteroatoms. The quantitative estimate of drug-likeness (QED) is 0.459. The van der Waals surface area contributed by atoms with Gasteiger partial charge < -0.3 is 10.1 Å². The number of carbonyl (C=O) groups excluding carboxylic acids is 1. The van der Waals surface area contributed by atoms with Crippen LogP contribution >= 0.6 is 0 Å². The van der Waals surface area contributed by atoms with Crippen molar-refractivity contribution in [2.24, 2.45) is 0 Å². The van der Waals surface area contributed by atoms with Gasteiger partial charge in [-0.2, -0.15) is 9.40 Å². The van der Waals surface area contributed by atoms with E-state index in [9.17, 15) is 18.0 Å². The fraction of sp³-hybridized carbons (Fsp3) is 0.320. The standard InChI is InChI=1S/C25H30N4O5S/c1-5-28(6-2)35(32,33)20-12-14-23(34-18(3)4)22(16-20)26-24(30)17-29-25(31)15-13-21(27-29)19-10-8-7-9-11-19/h7-16,18H,5-6,17H2,1-4H3,(H,26,30). The number of amides is 1. The van der Waals surface area contributed by atoms with Crippen molar-refractivity contribution in [2.45, 2.75) is 45.2 Å². The van der Waals surface area contributed by atoms with Crippen LogP contribution in [-0.2, 0) is 21.4 Å². The minimum atomic E-state index is -3.75. The van der Waals surface area contributed by atoms with E-state index in [1.807, 2.05) is 44.2 Å². The molecule has 0 bridgehead atoms. The lowest BCUT2D eigenvalue weighted by molar-refractivity contribution is -0.117. The lowest BCUT2D eigenvalue weighted by atomic mass is 10.1. The maximum Gasteiger partial charge on any atom is 0.267 e. The molecule has 0 atom stereocenters. The summed E-state index contributed by atoms with van der Waals surface area (Å²) in [5.41, 5.74) is 1.12. The SMILES string of the molecule is CCN(CC)S(=O)(=O)c1ccc(OC(C)C)c(NC(=O)Cn2nc(-c3ccccc3)ccc2=O)c1. The second-order valence-electron chi connectivity index (χ2n) is 8.04. The van der Waals surface area contributed by atoms with Crippen molar-refractivity contribution < 1.29 is 17.9 Å². The number of ether oxygens (including phenoxy) is 1. The van der Waals surface area contributed by atoms with Crippen molar-refractivity contribution in [3.63, 3.8) is 0 Å². The molecule has 1 amide bonds. The Morgan fingerprint density at radius 1 is 1.06 bits per heavy atom. The summed E-state index contributed by atoms with van der Waals surface area (Å²) in [7, 11) is -3.75. The average Bonchev–Trinajstić information content (AvgIpc) is 2.82. The van der Waals surface area contributed by atoms with Gasteiger partial charge >= 0.3 is 0 Å². The van der Waals surface area contributed by atoms with Crippen molar-refractivity contribution >= 4 is 21.6 Å². The van der Waals surface area contributed by atoms with Gasteiger partial charge in [0.15, 0.2) is 0 Å². The number of anilines is 1. The third-order valence-corrected chi connectivity index (χ3v) is 7.21. The summed E-state index contributed by atoms with van der Waals surface area (Å²) in [4.78, 5) is 25.3. The highest BCUT2D eigenvalue weighted by atomic mass is 32.2. The van der Waals surface area contributed by atoms with Crippen LogP contribution in [0.5, 0.6) is 5.75 Å². The van der Waals surface area contributed by atoms with Gasteiger partial charge in [0, 0.05) is 24.7 Å². The van der Waals surface area contributed by atoms with E-state index >= 15 is 0 Å². The van der Waals surface area contributed by atoms with Gasteiger partial charge in [0.05, 0.1) is 22.4 Å². The van der Waals surface area contributed by atoms with E-state index in [2.05, 4.69) is 10.4 Å². The lowest BCUT2D eigenvalue weighted by Crippen LogP contribution is -2.31. The molecule has 1 heterocycles. The van der Waals surface area contributed by atoms with Crippen molar-refractivity contribution in [1.29, 1.82) is 0 Å². The first-order valence-electron chi connectivity index (χ1n) is 11.4. The number of nitrogens with one attached hydrogen (secondary N) is 1. The Kier molecular flexibility index (Phi) is 8.42. The van der Waals surface area contributed by atoms with Crippen LogP contribution in [0, 0.1) is 0 Å². The van der Waals surface area contributed by atoms with Gasteiger partial charge in [-0.1, -0.05) is 44.2 Å². The smallest absolute Gasteiger partial charge is 0.267 e. The Morgan fingerprint density at radius 2 is 1.74 bits per heavy atom. The van der Waals surface area contributed by atoms with E-state index < -0.39 is 21.5 Å². The first kappa shape index (κ1) is 26.1. The summed E-state index contributed by atoms with van der Waals surface area (Å²) in [6.07, 6.45) is -0.206. The molecule has 3 aromatic rings. The zero-order valence-electron chi connectivity index (χ0n) is 20.3. The molecule has 0 saturated heterocycles. The van der Waals surface area contributed by atoms with Gasteiger partial charge in [-0.05, 0) is 38.1 Å². The predicted octanol–water partition coefficient (Wildman–Crippen LogP) is 3.37. The van der Waals surface area contributed by atoms with Crippen LogP contribution in [0.15, 0.2) is 70.4 Å². The summed E-state index contributed by atoms with van der Waals surface area (Å²) >= 11 is 0. The molecule has 1 N–H and O–H groups in total. The van der Waals surface area contributed by atoms with Crippen LogP contribution in [0.3, 0.4) is 0 Å². The summed E-state index contributed by atoms with van der Waals surface area (Å²) in [6.45, 7) is 7.44. The molecule has 9 nitrogen and oxygen atoms in total. The Labute approximate surface area is 205 Å². The molecule has 186 valence electrons. The number of sulfonamides is 1. The number of hydrogen-bond donors (Lipinski definition) is 1. The van der Waals surface area contributed by atoms with E-state index in [1.54, 1.807) is 19.9 Å². The molecule has 0 radical (unpaired) electrons. The summed E-state index contributed by atoms with van der Waals surface area (Å²) in [5.74, 6) is -0.221. The van der Waals surface area contributed by atoms with Gasteiger partial charge in [-0.25, -0.2) is 13.1 Å². The molecular weight excluding hydrogens is 468 g/mol. The van der Waals surface area contributed by atoms with Crippen LogP contribution in [0.2, 0.25) is 0 Å². The highest BCUT2D eigenvalue weighted by molar-refractivity contribution is 7.89. The highest BCUT2D eigenvalue weighted by Crippen LogP contribution is 2.30. The first-order valence-corrected chi connectivity index (χ1v) is 12.8. The Morgan fingerprint density at radius 3 is 2.37 bits per heavy atom. The van der Waals surface area contributed by atoms with Crippen LogP contribution in [0.4, 0.5) is 5.69 Å². The molecule has 0 saturated carbocycles. The van der Waals surface area contributed by atoms with E-state index in [0.717, 1.165) is 10.2 Å². The molecule has 0 fully saturated rings. The second-order valence-corrected chi connectivity index (χ2v) is 9.98. The van der Waals surface area contributed by atoms with E-state index in [0.29, 0.717) is 24.5 Å². The topological polar surface area (TPSA) is 111 Å². The van der Waals surface area contributed by atoms with E-state index in [-0.39, 0.29) is 23.2 Å². The molecule has 35 heavy (non-hydrogen) atoms. The zero-order valence-corrected chi connectivity index (χ0v) is 21.1. The van der Waals surface area contributed by atoms with Crippen molar-refractivity contribution in [2.75, 3.05) is 18.4 Å². The van der Waals surface area contributed by atoms with Crippen LogP contribution in [-0.4, -0.2) is 47.6 Å². The third kappa shape index (κ3) is 6.34. The summed E-state index contributed by atoms with van der Waals surface area (Å²) in [6, 6.07) is 16.6. The minimum Gasteiger partial charge on any atom is -0.489 e. The molecule has 0 unspecified atom stereocenters. The molecule has 3 rings (SSSR count). The lowest BCUT2D eigenvalue weighted by Gasteiger charge is -2.20. The second kappa shape index (κ2) is 11.3. The maximum atomic E-state index is 13.0. The average molecular weight is 499 g/mol. The van der Waals surface area contributed by atoms with Gasteiger partial charge in [0.25, 0.3) is 5.56 Å². The predicted molar refractivity (Wildman–Crippen MR) is 135 cm³/mol. The van der Waals surface area contributed by atoms with Crippen molar-refractivity contribution in [1.82, 2.24) is 14.1 Å². The number of rotatable bonds is 10. The third-order valence-electron chi connectivity index (χ3n) is 5.16. The number of benzene rings is 2. The molecule has 0 spiro atoms. The van der Waals surface area contributed by atoms with Crippen molar-refractivity contribution in [3.05, 3.63) is 71.0 Å². The van der Waals surface area contributed by atoms with E-state index in [4.69, 9.17) is 4.74 Å². The normalized spacial score (nSPS) is 11.6. The number of nitrogens with zero attached hydrogens (tertiary/aromatic N) is 3. The van der Waals surface area contributed by atoms with Gasteiger partial charge in [0.2, 0.25) is 15.9 Å². The highest BCUT2D eigenvalue weighted by Gasteiger charge is 2.24. The fourth-order valence-corrected chi connectivity index (χ4v) is 4.97. The number of carbonyl (C=O) groups is 1. The molecule has 0 aliphatic carbocycles. The van der Waals surface area contributed by atoms with Crippen LogP contribution < -0.4 is 15.6 Å². The molecule has 0 aliphatic heterocycles. The molecular formula is C25H30N4O5S. The Balaban J connectivity index is 1.91. The maximum absolute atomic E-state index is 13.0. The molecule has 0 aliphatic rings. The Hall–Kier alpha value is -3.50. The minimum absolute atomic E-state index is 0.0361. The first-order chi connectivity index (χ1) is 16.6. The monoisotopic (exact) mass is 498 g/mol. The summed E-state index contributed by atoms with van der Waals surface area (Å²) < 4.78 is 34.1. The van der Waals surface area contributed by atoms with Gasteiger partial charge in [0.1, 0.15) is 12.3 Å². The number of hydrogen-bond acceptors (Lipinski definition) is 6. The van der Waals surface area contributed by atoms with Gasteiger partial charge in [-0.15, -0.1) is 0 Å². The van der Waals surface area contributed by atoms with Crippen LogP contribution in [0.25, 0.3) is 11.3 Å².